The largest absolute Gasteiger partial charge is 0.298 e. The van der Waals surface area contributed by atoms with Gasteiger partial charge in [-0.15, -0.1) is 11.8 Å². The highest BCUT2D eigenvalue weighted by Crippen LogP contribution is 2.25. The van der Waals surface area contributed by atoms with Gasteiger partial charge in [0.1, 0.15) is 12.1 Å². The lowest BCUT2D eigenvalue weighted by atomic mass is 10.2. The van der Waals surface area contributed by atoms with Crippen LogP contribution in [0.5, 0.6) is 0 Å². The smallest absolute Gasteiger partial charge is 0.150 e. The summed E-state index contributed by atoms with van der Waals surface area (Å²) in [6, 6.07) is 11.8. The summed E-state index contributed by atoms with van der Waals surface area (Å²) in [5, 5.41) is 0.692. The first kappa shape index (κ1) is 13.1. The van der Waals surface area contributed by atoms with Crippen molar-refractivity contribution in [2.45, 2.75) is 10.6 Å². The SMILES string of the molecule is O=Cc1cc(F)cc(SCc2ccc(Cl)cc2)c1. The van der Waals surface area contributed by atoms with E-state index in [9.17, 15) is 9.18 Å². The van der Waals surface area contributed by atoms with E-state index in [4.69, 9.17) is 11.6 Å². The fourth-order valence-corrected chi connectivity index (χ4v) is 2.55. The molecule has 92 valence electrons. The molecule has 0 heterocycles. The highest BCUT2D eigenvalue weighted by atomic mass is 35.5. The van der Waals surface area contributed by atoms with E-state index in [-0.39, 0.29) is 0 Å². The number of halogens is 2. The third-order valence-electron chi connectivity index (χ3n) is 2.35. The highest BCUT2D eigenvalue weighted by molar-refractivity contribution is 7.98. The standard InChI is InChI=1S/C14H10ClFOS/c15-12-3-1-10(2-4-12)9-18-14-6-11(8-17)5-13(16)7-14/h1-8H,9H2. The second-order valence-electron chi connectivity index (χ2n) is 3.75. The summed E-state index contributed by atoms with van der Waals surface area (Å²) >= 11 is 7.28. The molecule has 4 heteroatoms. The number of benzene rings is 2. The van der Waals surface area contributed by atoms with Crippen LogP contribution in [-0.4, -0.2) is 6.29 Å². The quantitative estimate of drug-likeness (QED) is 0.602. The Labute approximate surface area is 114 Å². The molecule has 2 rings (SSSR count). The monoisotopic (exact) mass is 280 g/mol. The molecule has 1 nitrogen and oxygen atoms in total. The zero-order chi connectivity index (χ0) is 13.0. The molecule has 0 N–H and O–H groups in total. The van der Waals surface area contributed by atoms with Gasteiger partial charge in [-0.05, 0) is 35.9 Å². The van der Waals surface area contributed by atoms with E-state index < -0.39 is 5.82 Å². The Bertz CT molecular complexity index is 554. The van der Waals surface area contributed by atoms with Gasteiger partial charge in [0.2, 0.25) is 0 Å². The van der Waals surface area contributed by atoms with Crippen molar-refractivity contribution in [2.24, 2.45) is 0 Å². The molecule has 18 heavy (non-hydrogen) atoms. The summed E-state index contributed by atoms with van der Waals surface area (Å²) in [5.74, 6) is 0.317. The van der Waals surface area contributed by atoms with E-state index in [2.05, 4.69) is 0 Å². The Kier molecular flexibility index (Phi) is 4.39. The molecule has 0 saturated heterocycles. The Morgan fingerprint density at radius 1 is 1.17 bits per heavy atom. The number of carbonyl (C=O) groups excluding carboxylic acids is 1. The van der Waals surface area contributed by atoms with Gasteiger partial charge in [-0.1, -0.05) is 23.7 Å². The van der Waals surface area contributed by atoms with Crippen LogP contribution in [0.4, 0.5) is 4.39 Å². The summed E-state index contributed by atoms with van der Waals surface area (Å²) in [5.41, 5.74) is 1.45. The maximum atomic E-state index is 13.2. The molecule has 0 radical (unpaired) electrons. The van der Waals surface area contributed by atoms with Crippen molar-refractivity contribution in [1.29, 1.82) is 0 Å². The fraction of sp³-hybridized carbons (Fsp3) is 0.0714. The zero-order valence-corrected chi connectivity index (χ0v) is 11.0. The van der Waals surface area contributed by atoms with Crippen LogP contribution in [0.1, 0.15) is 15.9 Å². The van der Waals surface area contributed by atoms with Crippen LogP contribution in [0.25, 0.3) is 0 Å². The Balaban J connectivity index is 2.08. The summed E-state index contributed by atoms with van der Waals surface area (Å²) in [6.07, 6.45) is 0.648. The maximum absolute atomic E-state index is 13.2. The van der Waals surface area contributed by atoms with E-state index in [1.54, 1.807) is 6.07 Å². The summed E-state index contributed by atoms with van der Waals surface area (Å²) < 4.78 is 13.2. The first-order valence-corrected chi connectivity index (χ1v) is 6.67. The van der Waals surface area contributed by atoms with Gasteiger partial charge in [0.25, 0.3) is 0 Å². The van der Waals surface area contributed by atoms with Crippen LogP contribution >= 0.6 is 23.4 Å². The molecule has 0 atom stereocenters. The predicted octanol–water partition coefficient (Wildman–Crippen LogP) is 4.58. The van der Waals surface area contributed by atoms with E-state index in [1.165, 1.54) is 23.9 Å². The van der Waals surface area contributed by atoms with Gasteiger partial charge in [-0.3, -0.25) is 4.79 Å². The van der Waals surface area contributed by atoms with Crippen LogP contribution in [0.3, 0.4) is 0 Å². The van der Waals surface area contributed by atoms with Gasteiger partial charge in [0, 0.05) is 21.2 Å². The lowest BCUT2D eigenvalue weighted by Crippen LogP contribution is -1.86. The van der Waals surface area contributed by atoms with Gasteiger partial charge in [-0.25, -0.2) is 4.39 Å². The molecule has 0 saturated carbocycles. The molecule has 0 aromatic heterocycles. The lowest BCUT2D eigenvalue weighted by molar-refractivity contribution is 0.112. The molecule has 0 spiro atoms. The van der Waals surface area contributed by atoms with Crippen molar-refractivity contribution >= 4 is 29.6 Å². The fourth-order valence-electron chi connectivity index (χ4n) is 1.48. The van der Waals surface area contributed by atoms with Crippen LogP contribution in [0.2, 0.25) is 5.02 Å². The number of rotatable bonds is 4. The third-order valence-corrected chi connectivity index (χ3v) is 3.65. The molecule has 0 aliphatic rings. The van der Waals surface area contributed by atoms with Crippen LogP contribution in [-0.2, 0) is 5.75 Å². The Hall–Kier alpha value is -1.32. The first-order chi connectivity index (χ1) is 8.67. The first-order valence-electron chi connectivity index (χ1n) is 5.30. The lowest BCUT2D eigenvalue weighted by Gasteiger charge is -2.03. The number of aldehydes is 1. The minimum Gasteiger partial charge on any atom is -0.298 e. The second-order valence-corrected chi connectivity index (χ2v) is 5.24. The second kappa shape index (κ2) is 6.03. The molecule has 2 aromatic rings. The van der Waals surface area contributed by atoms with Crippen molar-refractivity contribution < 1.29 is 9.18 Å². The minimum absolute atomic E-state index is 0.355. The summed E-state index contributed by atoms with van der Waals surface area (Å²) in [4.78, 5) is 11.4. The van der Waals surface area contributed by atoms with Crippen LogP contribution in [0, 0.1) is 5.82 Å². The van der Waals surface area contributed by atoms with Crippen molar-refractivity contribution in [1.82, 2.24) is 0 Å². The maximum Gasteiger partial charge on any atom is 0.150 e. The molecular formula is C14H10ClFOS. The van der Waals surface area contributed by atoms with E-state index >= 15 is 0 Å². The molecule has 0 aliphatic carbocycles. The number of hydrogen-bond acceptors (Lipinski definition) is 2. The molecule has 0 bridgehead atoms. The highest BCUT2D eigenvalue weighted by Gasteiger charge is 2.02. The van der Waals surface area contributed by atoms with Gasteiger partial charge in [0.05, 0.1) is 0 Å². The topological polar surface area (TPSA) is 17.1 Å². The number of thioether (sulfide) groups is 1. The molecule has 0 amide bonds. The number of hydrogen-bond donors (Lipinski definition) is 0. The Morgan fingerprint density at radius 3 is 2.56 bits per heavy atom. The Morgan fingerprint density at radius 2 is 1.89 bits per heavy atom. The van der Waals surface area contributed by atoms with Crippen LogP contribution < -0.4 is 0 Å². The minimum atomic E-state index is -0.391. The van der Waals surface area contributed by atoms with Gasteiger partial charge in [0.15, 0.2) is 0 Å². The van der Waals surface area contributed by atoms with Gasteiger partial charge in [-0.2, -0.15) is 0 Å². The average Bonchev–Trinajstić information content (AvgIpc) is 2.37. The zero-order valence-electron chi connectivity index (χ0n) is 9.40. The normalized spacial score (nSPS) is 10.3. The third kappa shape index (κ3) is 3.59. The summed E-state index contributed by atoms with van der Waals surface area (Å²) in [7, 11) is 0. The molecule has 2 aromatic carbocycles. The average molecular weight is 281 g/mol. The molecule has 0 fully saturated rings. The van der Waals surface area contributed by atoms with Gasteiger partial charge >= 0.3 is 0 Å². The molecular weight excluding hydrogens is 271 g/mol. The van der Waals surface area contributed by atoms with Gasteiger partial charge < -0.3 is 0 Å². The van der Waals surface area contributed by atoms with Crippen molar-refractivity contribution in [3.8, 4) is 0 Å². The van der Waals surface area contributed by atoms with Crippen LogP contribution in [0.15, 0.2) is 47.4 Å². The van der Waals surface area contributed by atoms with E-state index in [0.29, 0.717) is 22.6 Å². The van der Waals surface area contributed by atoms with E-state index in [0.717, 1.165) is 10.5 Å². The molecule has 0 aliphatic heterocycles. The molecule has 0 unspecified atom stereocenters. The number of carbonyl (C=O) groups is 1. The predicted molar refractivity (Wildman–Crippen MR) is 72.8 cm³/mol. The van der Waals surface area contributed by atoms with Crippen molar-refractivity contribution in [2.75, 3.05) is 0 Å². The summed E-state index contributed by atoms with van der Waals surface area (Å²) in [6.45, 7) is 0. The van der Waals surface area contributed by atoms with E-state index in [1.807, 2.05) is 24.3 Å². The van der Waals surface area contributed by atoms with Crippen molar-refractivity contribution in [3.63, 3.8) is 0 Å². The van der Waals surface area contributed by atoms with Crippen molar-refractivity contribution in [3.05, 3.63) is 64.4 Å².